The van der Waals surface area contributed by atoms with Crippen molar-refractivity contribution in [1.82, 2.24) is 4.98 Å². The summed E-state index contributed by atoms with van der Waals surface area (Å²) >= 11 is 0. The maximum atomic E-state index is 13.2. The molecule has 168 valence electrons. The molecule has 1 saturated heterocycles. The van der Waals surface area contributed by atoms with Gasteiger partial charge in [-0.3, -0.25) is 19.5 Å². The molecule has 1 unspecified atom stereocenters. The number of amides is 1. The molecule has 1 fully saturated rings. The standard InChI is InChI=1S/C27H26N2O4/c1-4-18-6-9-21(10-7-18)29-24(19-12-14-28-15-13-19)23(26(31)27(29)32)25(30)20-8-11-22(33-5-2)17(3)16-20/h6-16,24,30H,4-5H2,1-3H3/b25-23-. The maximum absolute atomic E-state index is 13.2. The zero-order valence-electron chi connectivity index (χ0n) is 18.9. The Labute approximate surface area is 193 Å². The van der Waals surface area contributed by atoms with Crippen molar-refractivity contribution in [2.24, 2.45) is 0 Å². The van der Waals surface area contributed by atoms with Gasteiger partial charge in [0, 0.05) is 23.6 Å². The number of carbonyl (C=O) groups is 2. The van der Waals surface area contributed by atoms with E-state index in [1.807, 2.05) is 38.1 Å². The highest BCUT2D eigenvalue weighted by Gasteiger charge is 2.46. The lowest BCUT2D eigenvalue weighted by molar-refractivity contribution is -0.132. The third-order valence-corrected chi connectivity index (χ3v) is 5.84. The Morgan fingerprint density at radius 1 is 1.03 bits per heavy atom. The predicted molar refractivity (Wildman–Crippen MR) is 127 cm³/mol. The van der Waals surface area contributed by atoms with E-state index >= 15 is 0 Å². The summed E-state index contributed by atoms with van der Waals surface area (Å²) in [7, 11) is 0. The highest BCUT2D eigenvalue weighted by molar-refractivity contribution is 6.51. The van der Waals surface area contributed by atoms with Crippen LogP contribution in [0.1, 0.15) is 42.1 Å². The zero-order valence-corrected chi connectivity index (χ0v) is 18.9. The number of ether oxygens (including phenoxy) is 1. The number of benzene rings is 2. The van der Waals surface area contributed by atoms with Gasteiger partial charge < -0.3 is 9.84 Å². The van der Waals surface area contributed by atoms with Crippen LogP contribution in [-0.4, -0.2) is 28.4 Å². The van der Waals surface area contributed by atoms with Gasteiger partial charge in [0.15, 0.2) is 0 Å². The van der Waals surface area contributed by atoms with Crippen LogP contribution in [0.25, 0.3) is 5.76 Å². The van der Waals surface area contributed by atoms with Gasteiger partial charge in [-0.15, -0.1) is 0 Å². The van der Waals surface area contributed by atoms with E-state index in [9.17, 15) is 14.7 Å². The van der Waals surface area contributed by atoms with Crippen LogP contribution in [0.3, 0.4) is 0 Å². The molecule has 33 heavy (non-hydrogen) atoms. The van der Waals surface area contributed by atoms with Crippen molar-refractivity contribution in [3.63, 3.8) is 0 Å². The van der Waals surface area contributed by atoms with E-state index in [-0.39, 0.29) is 11.3 Å². The number of hydrogen-bond acceptors (Lipinski definition) is 5. The van der Waals surface area contributed by atoms with Crippen molar-refractivity contribution in [3.05, 3.63) is 94.8 Å². The molecule has 0 radical (unpaired) electrons. The van der Waals surface area contributed by atoms with Gasteiger partial charge in [-0.05, 0) is 79.4 Å². The summed E-state index contributed by atoms with van der Waals surface area (Å²) in [6.07, 6.45) is 4.08. The largest absolute Gasteiger partial charge is 0.507 e. The fourth-order valence-electron chi connectivity index (χ4n) is 4.12. The first-order chi connectivity index (χ1) is 16.0. The van der Waals surface area contributed by atoms with Crippen molar-refractivity contribution in [2.75, 3.05) is 11.5 Å². The van der Waals surface area contributed by atoms with Gasteiger partial charge in [-0.2, -0.15) is 0 Å². The number of aliphatic hydroxyl groups is 1. The Morgan fingerprint density at radius 2 is 1.73 bits per heavy atom. The smallest absolute Gasteiger partial charge is 0.300 e. The second kappa shape index (κ2) is 9.28. The minimum absolute atomic E-state index is 0.0503. The van der Waals surface area contributed by atoms with Gasteiger partial charge in [0.25, 0.3) is 11.7 Å². The summed E-state index contributed by atoms with van der Waals surface area (Å²) < 4.78 is 5.59. The highest BCUT2D eigenvalue weighted by atomic mass is 16.5. The summed E-state index contributed by atoms with van der Waals surface area (Å²) in [5.41, 5.74) is 3.74. The molecular weight excluding hydrogens is 416 g/mol. The number of aliphatic hydroxyl groups excluding tert-OH is 1. The number of aryl methyl sites for hydroxylation is 2. The molecule has 1 aromatic heterocycles. The molecule has 1 atom stereocenters. The van der Waals surface area contributed by atoms with Crippen LogP contribution >= 0.6 is 0 Å². The van der Waals surface area contributed by atoms with E-state index in [2.05, 4.69) is 11.9 Å². The second-order valence-corrected chi connectivity index (χ2v) is 7.88. The Hall–Kier alpha value is -3.93. The van der Waals surface area contributed by atoms with Crippen molar-refractivity contribution in [3.8, 4) is 5.75 Å². The van der Waals surface area contributed by atoms with E-state index < -0.39 is 17.7 Å². The van der Waals surface area contributed by atoms with Crippen molar-refractivity contribution in [2.45, 2.75) is 33.2 Å². The van der Waals surface area contributed by atoms with E-state index in [4.69, 9.17) is 4.74 Å². The van der Waals surface area contributed by atoms with Gasteiger partial charge in [0.1, 0.15) is 11.5 Å². The van der Waals surface area contributed by atoms with Gasteiger partial charge in [0.2, 0.25) is 0 Å². The number of carbonyl (C=O) groups excluding carboxylic acids is 2. The fraction of sp³-hybridized carbons (Fsp3) is 0.222. The Balaban J connectivity index is 1.88. The number of nitrogens with zero attached hydrogens (tertiary/aromatic N) is 2. The topological polar surface area (TPSA) is 79.7 Å². The Bertz CT molecular complexity index is 1220. The van der Waals surface area contributed by atoms with Crippen molar-refractivity contribution in [1.29, 1.82) is 0 Å². The monoisotopic (exact) mass is 442 g/mol. The van der Waals surface area contributed by atoms with Crippen LogP contribution < -0.4 is 9.64 Å². The molecule has 0 bridgehead atoms. The predicted octanol–water partition coefficient (Wildman–Crippen LogP) is 4.98. The zero-order chi connectivity index (χ0) is 23.5. The van der Waals surface area contributed by atoms with E-state index in [1.165, 1.54) is 4.90 Å². The minimum atomic E-state index is -0.771. The van der Waals surface area contributed by atoms with E-state index in [0.717, 1.165) is 17.5 Å². The molecule has 4 rings (SSSR count). The quantitative estimate of drug-likeness (QED) is 0.331. The number of anilines is 1. The molecule has 1 aliphatic heterocycles. The number of ketones is 1. The van der Waals surface area contributed by atoms with Crippen LogP contribution in [0.4, 0.5) is 5.69 Å². The molecular formula is C27H26N2O4. The molecule has 1 aliphatic rings. The molecule has 1 amide bonds. The van der Waals surface area contributed by atoms with E-state index in [1.54, 1.807) is 42.7 Å². The molecule has 6 nitrogen and oxygen atoms in total. The number of rotatable bonds is 6. The van der Waals surface area contributed by atoms with Crippen LogP contribution in [0, 0.1) is 6.92 Å². The molecule has 6 heteroatoms. The first kappa shape index (κ1) is 22.3. The lowest BCUT2D eigenvalue weighted by Gasteiger charge is -2.25. The summed E-state index contributed by atoms with van der Waals surface area (Å²) in [5, 5.41) is 11.3. The first-order valence-electron chi connectivity index (χ1n) is 11.0. The average molecular weight is 443 g/mol. The number of hydrogen-bond donors (Lipinski definition) is 1. The molecule has 2 heterocycles. The number of pyridine rings is 1. The van der Waals surface area contributed by atoms with Crippen LogP contribution in [0.5, 0.6) is 5.75 Å². The SMILES string of the molecule is CCOc1ccc(/C(O)=C2/C(=O)C(=O)N(c3ccc(CC)cc3)C2c2ccncc2)cc1C. The Kier molecular flexibility index (Phi) is 6.27. The van der Waals surface area contributed by atoms with Gasteiger partial charge in [-0.25, -0.2) is 0 Å². The summed E-state index contributed by atoms with van der Waals surface area (Å²) in [4.78, 5) is 31.9. The highest BCUT2D eigenvalue weighted by Crippen LogP contribution is 2.42. The van der Waals surface area contributed by atoms with Gasteiger partial charge in [0.05, 0.1) is 18.2 Å². The summed E-state index contributed by atoms with van der Waals surface area (Å²) in [6, 6.07) is 15.5. The van der Waals surface area contributed by atoms with Crippen LogP contribution in [0.2, 0.25) is 0 Å². The molecule has 2 aromatic carbocycles. The summed E-state index contributed by atoms with van der Waals surface area (Å²) in [6.45, 7) is 6.35. The minimum Gasteiger partial charge on any atom is -0.507 e. The normalized spacial score (nSPS) is 17.4. The lowest BCUT2D eigenvalue weighted by atomic mass is 9.95. The third-order valence-electron chi connectivity index (χ3n) is 5.84. The van der Waals surface area contributed by atoms with Crippen LogP contribution in [0.15, 0.2) is 72.6 Å². The van der Waals surface area contributed by atoms with Crippen molar-refractivity contribution < 1.29 is 19.4 Å². The Morgan fingerprint density at radius 3 is 2.33 bits per heavy atom. The van der Waals surface area contributed by atoms with Crippen LogP contribution in [-0.2, 0) is 16.0 Å². The summed E-state index contributed by atoms with van der Waals surface area (Å²) in [5.74, 6) is -0.907. The fourth-order valence-corrected chi connectivity index (χ4v) is 4.12. The van der Waals surface area contributed by atoms with Gasteiger partial charge in [-0.1, -0.05) is 19.1 Å². The van der Waals surface area contributed by atoms with E-state index in [0.29, 0.717) is 29.2 Å². The second-order valence-electron chi connectivity index (χ2n) is 7.88. The molecule has 0 aliphatic carbocycles. The van der Waals surface area contributed by atoms with Gasteiger partial charge >= 0.3 is 0 Å². The average Bonchev–Trinajstić information content (AvgIpc) is 3.11. The molecule has 3 aromatic rings. The number of Topliss-reactive ketones (excluding diaryl/α,β-unsaturated/α-hetero) is 1. The molecule has 0 saturated carbocycles. The lowest BCUT2D eigenvalue weighted by Crippen LogP contribution is -2.29. The van der Waals surface area contributed by atoms with Crippen molar-refractivity contribution >= 4 is 23.1 Å². The number of aromatic nitrogens is 1. The first-order valence-corrected chi connectivity index (χ1v) is 11.0. The molecule has 1 N–H and O–H groups in total. The molecule has 0 spiro atoms. The maximum Gasteiger partial charge on any atom is 0.300 e. The third kappa shape index (κ3) is 4.12.